The molecule has 1 N–H and O–H groups in total. The third-order valence-corrected chi connectivity index (χ3v) is 5.33. The highest BCUT2D eigenvalue weighted by molar-refractivity contribution is 6.42. The number of hydrogen-bond acceptors (Lipinski definition) is 3. The molecule has 0 aromatic heterocycles. The quantitative estimate of drug-likeness (QED) is 0.449. The highest BCUT2D eigenvalue weighted by Crippen LogP contribution is 2.23. The molecule has 1 atom stereocenters. The van der Waals surface area contributed by atoms with Crippen LogP contribution >= 0.6 is 23.2 Å². The lowest BCUT2D eigenvalue weighted by molar-refractivity contribution is 0.0930. The minimum absolute atomic E-state index is 0.0608. The van der Waals surface area contributed by atoms with Gasteiger partial charge in [0.2, 0.25) is 0 Å². The molecule has 0 radical (unpaired) electrons. The lowest BCUT2D eigenvalue weighted by Crippen LogP contribution is -2.36. The summed E-state index contributed by atoms with van der Waals surface area (Å²) < 4.78 is 0. The minimum atomic E-state index is -0.0608. The van der Waals surface area contributed by atoms with E-state index in [9.17, 15) is 4.79 Å². The summed E-state index contributed by atoms with van der Waals surface area (Å²) >= 11 is 12.1. The van der Waals surface area contributed by atoms with Crippen LogP contribution in [0.5, 0.6) is 0 Å². The van der Waals surface area contributed by atoms with Crippen molar-refractivity contribution in [3.05, 3.63) is 69.2 Å². The number of carbonyl (C=O) groups is 1. The van der Waals surface area contributed by atoms with Crippen LogP contribution in [0.15, 0.2) is 47.6 Å². The number of oxime groups is 1. The number of halogens is 2. The number of hydrogen-bond donors (Lipinski definition) is 1. The van der Waals surface area contributed by atoms with Gasteiger partial charge in [0.25, 0.3) is 5.91 Å². The molecule has 150 valence electrons. The van der Waals surface area contributed by atoms with Gasteiger partial charge in [-0.2, -0.15) is 0 Å². The van der Waals surface area contributed by atoms with Gasteiger partial charge in [-0.15, -0.1) is 0 Å². The molecule has 0 saturated carbocycles. The molecule has 0 saturated heterocycles. The van der Waals surface area contributed by atoms with Crippen molar-refractivity contribution in [3.63, 3.8) is 0 Å². The van der Waals surface area contributed by atoms with Gasteiger partial charge in [-0.05, 0) is 48.2 Å². The molecule has 1 unspecified atom stereocenters. The maximum Gasteiger partial charge on any atom is 0.251 e. The van der Waals surface area contributed by atoms with E-state index in [0.29, 0.717) is 34.4 Å². The first kappa shape index (κ1) is 22.3. The van der Waals surface area contributed by atoms with Gasteiger partial charge < -0.3 is 10.2 Å². The molecule has 28 heavy (non-hydrogen) atoms. The lowest BCUT2D eigenvalue weighted by Gasteiger charge is -2.17. The molecule has 4 nitrogen and oxygen atoms in total. The van der Waals surface area contributed by atoms with Gasteiger partial charge in [0.1, 0.15) is 7.11 Å². The third-order valence-electron chi connectivity index (χ3n) is 4.60. The molecular formula is C22H26Cl2N2O2. The summed E-state index contributed by atoms with van der Waals surface area (Å²) in [5, 5.41) is 8.20. The van der Waals surface area contributed by atoms with Crippen LogP contribution < -0.4 is 5.32 Å². The SMILES string of the molecule is CO/N=C(\Cc1ccc(C(=O)NC(C)C(C)C)cc1)Cc1ccc(Cl)c(Cl)c1. The van der Waals surface area contributed by atoms with Crippen LogP contribution in [-0.4, -0.2) is 24.8 Å². The van der Waals surface area contributed by atoms with E-state index in [2.05, 4.69) is 24.3 Å². The summed E-state index contributed by atoms with van der Waals surface area (Å²) in [6.45, 7) is 6.17. The largest absolute Gasteiger partial charge is 0.399 e. The molecule has 2 aromatic carbocycles. The Balaban J connectivity index is 2.06. The van der Waals surface area contributed by atoms with Gasteiger partial charge in [-0.1, -0.05) is 60.4 Å². The Morgan fingerprint density at radius 1 is 1.00 bits per heavy atom. The predicted octanol–water partition coefficient (Wildman–Crippen LogP) is 5.56. The fourth-order valence-corrected chi connectivity index (χ4v) is 2.93. The normalized spacial score (nSPS) is 12.8. The van der Waals surface area contributed by atoms with Gasteiger partial charge in [0.05, 0.1) is 15.8 Å². The van der Waals surface area contributed by atoms with Crippen LogP contribution in [0.3, 0.4) is 0 Å². The summed E-state index contributed by atoms with van der Waals surface area (Å²) in [7, 11) is 1.53. The maximum absolute atomic E-state index is 12.3. The molecule has 0 aliphatic carbocycles. The molecular weight excluding hydrogens is 395 g/mol. The van der Waals surface area contributed by atoms with Gasteiger partial charge in [-0.25, -0.2) is 0 Å². The summed E-state index contributed by atoms with van der Waals surface area (Å²) in [5.74, 6) is 0.326. The van der Waals surface area contributed by atoms with Gasteiger partial charge in [0, 0.05) is 24.4 Å². The van der Waals surface area contributed by atoms with Crippen molar-refractivity contribution >= 4 is 34.8 Å². The van der Waals surface area contributed by atoms with Gasteiger partial charge in [0.15, 0.2) is 0 Å². The van der Waals surface area contributed by atoms with Crippen LogP contribution in [0.4, 0.5) is 0 Å². The predicted molar refractivity (Wildman–Crippen MR) is 117 cm³/mol. The second-order valence-corrected chi connectivity index (χ2v) is 7.96. The van der Waals surface area contributed by atoms with Crippen LogP contribution in [0.25, 0.3) is 0 Å². The van der Waals surface area contributed by atoms with E-state index in [-0.39, 0.29) is 11.9 Å². The zero-order valence-corrected chi connectivity index (χ0v) is 18.1. The fourth-order valence-electron chi connectivity index (χ4n) is 2.61. The number of rotatable bonds is 8. The van der Waals surface area contributed by atoms with E-state index in [4.69, 9.17) is 28.0 Å². The molecule has 2 aromatic rings. The van der Waals surface area contributed by atoms with E-state index in [1.807, 2.05) is 43.3 Å². The Hall–Kier alpha value is -2.04. The zero-order chi connectivity index (χ0) is 20.7. The molecule has 0 bridgehead atoms. The van der Waals surface area contributed by atoms with Crippen molar-refractivity contribution in [2.45, 2.75) is 39.7 Å². The van der Waals surface area contributed by atoms with Crippen molar-refractivity contribution in [1.82, 2.24) is 5.32 Å². The number of nitrogens with zero attached hydrogens (tertiary/aromatic N) is 1. The standard InChI is InChI=1S/C22H26Cl2N2O2/c1-14(2)15(3)25-22(27)18-8-5-16(6-9-18)11-19(26-28-4)12-17-7-10-20(23)21(24)13-17/h5-10,13-15H,11-12H2,1-4H3,(H,25,27)/b26-19+. The molecule has 0 fully saturated rings. The maximum atomic E-state index is 12.3. The van der Waals surface area contributed by atoms with Crippen molar-refractivity contribution in [1.29, 1.82) is 0 Å². The van der Waals surface area contributed by atoms with Crippen LogP contribution in [0.1, 0.15) is 42.3 Å². The average molecular weight is 421 g/mol. The van der Waals surface area contributed by atoms with Crippen molar-refractivity contribution in [3.8, 4) is 0 Å². The van der Waals surface area contributed by atoms with Crippen LogP contribution in [-0.2, 0) is 17.7 Å². The van der Waals surface area contributed by atoms with Gasteiger partial charge in [-0.3, -0.25) is 4.79 Å². The Morgan fingerprint density at radius 3 is 2.18 bits per heavy atom. The molecule has 0 heterocycles. The Labute approximate surface area is 176 Å². The average Bonchev–Trinajstić information content (AvgIpc) is 2.65. The summed E-state index contributed by atoms with van der Waals surface area (Å²) in [5.41, 5.74) is 3.55. The Morgan fingerprint density at radius 2 is 1.61 bits per heavy atom. The molecule has 1 amide bonds. The summed E-state index contributed by atoms with van der Waals surface area (Å²) in [6.07, 6.45) is 1.21. The fraction of sp³-hybridized carbons (Fsp3) is 0.364. The first-order valence-corrected chi connectivity index (χ1v) is 9.98. The summed E-state index contributed by atoms with van der Waals surface area (Å²) in [4.78, 5) is 17.3. The molecule has 0 spiro atoms. The van der Waals surface area contributed by atoms with Crippen LogP contribution in [0.2, 0.25) is 10.0 Å². The second-order valence-electron chi connectivity index (χ2n) is 7.15. The smallest absolute Gasteiger partial charge is 0.251 e. The number of carbonyl (C=O) groups excluding carboxylic acids is 1. The van der Waals surface area contributed by atoms with E-state index < -0.39 is 0 Å². The highest BCUT2D eigenvalue weighted by atomic mass is 35.5. The van der Waals surface area contributed by atoms with Crippen molar-refractivity contribution in [2.75, 3.05) is 7.11 Å². The lowest BCUT2D eigenvalue weighted by atomic mass is 10.0. The topological polar surface area (TPSA) is 50.7 Å². The number of nitrogens with one attached hydrogen (secondary N) is 1. The molecule has 0 aliphatic rings. The minimum Gasteiger partial charge on any atom is -0.399 e. The first-order chi connectivity index (χ1) is 13.3. The van der Waals surface area contributed by atoms with Crippen molar-refractivity contribution in [2.24, 2.45) is 11.1 Å². The summed E-state index contributed by atoms with van der Waals surface area (Å²) in [6, 6.07) is 13.2. The Bertz CT molecular complexity index is 833. The number of amides is 1. The highest BCUT2D eigenvalue weighted by Gasteiger charge is 2.13. The molecule has 0 aliphatic heterocycles. The monoisotopic (exact) mass is 420 g/mol. The van der Waals surface area contributed by atoms with Crippen molar-refractivity contribution < 1.29 is 9.63 Å². The third kappa shape index (κ3) is 6.54. The number of benzene rings is 2. The zero-order valence-electron chi connectivity index (χ0n) is 16.6. The second kappa shape index (κ2) is 10.5. The first-order valence-electron chi connectivity index (χ1n) is 9.22. The van der Waals surface area contributed by atoms with E-state index in [1.54, 1.807) is 6.07 Å². The van der Waals surface area contributed by atoms with E-state index in [1.165, 1.54) is 7.11 Å². The van der Waals surface area contributed by atoms with Gasteiger partial charge >= 0.3 is 0 Å². The van der Waals surface area contributed by atoms with E-state index >= 15 is 0 Å². The molecule has 2 rings (SSSR count). The Kier molecular flexibility index (Phi) is 8.34. The molecule has 6 heteroatoms. The van der Waals surface area contributed by atoms with Crippen LogP contribution in [0, 0.1) is 5.92 Å². The van der Waals surface area contributed by atoms with E-state index in [0.717, 1.165) is 16.8 Å².